The molecule has 0 radical (unpaired) electrons. The monoisotopic (exact) mass is 295 g/mol. The van der Waals surface area contributed by atoms with Crippen LogP contribution >= 0.6 is 0 Å². The van der Waals surface area contributed by atoms with Gasteiger partial charge in [-0.1, -0.05) is 19.1 Å². The molecule has 7 nitrogen and oxygen atoms in total. The Balaban J connectivity index is 2.20. The predicted molar refractivity (Wildman–Crippen MR) is 74.2 cm³/mol. The molecule has 0 spiro atoms. The first-order valence-electron chi connectivity index (χ1n) is 5.92. The number of benzene rings is 1. The van der Waals surface area contributed by atoms with Gasteiger partial charge in [0.05, 0.1) is 0 Å². The number of hydrogen-bond acceptors (Lipinski definition) is 4. The number of rotatable bonds is 4. The first-order chi connectivity index (χ1) is 9.42. The van der Waals surface area contributed by atoms with Gasteiger partial charge in [0, 0.05) is 11.9 Å². The van der Waals surface area contributed by atoms with E-state index in [1.807, 2.05) is 12.2 Å². The van der Waals surface area contributed by atoms with Crippen molar-refractivity contribution in [2.75, 3.05) is 4.72 Å². The zero-order valence-electron chi connectivity index (χ0n) is 10.7. The van der Waals surface area contributed by atoms with Crippen molar-refractivity contribution >= 4 is 33.9 Å². The van der Waals surface area contributed by atoms with Gasteiger partial charge in [-0.3, -0.25) is 14.8 Å². The molecule has 1 unspecified atom stereocenters. The number of imide groups is 1. The van der Waals surface area contributed by atoms with E-state index in [9.17, 15) is 18.0 Å². The van der Waals surface area contributed by atoms with Gasteiger partial charge in [-0.05, 0) is 24.1 Å². The molecular weight excluding hydrogens is 282 g/mol. The summed E-state index contributed by atoms with van der Waals surface area (Å²) in [5, 5.41) is 0.322. The molecule has 0 aromatic heterocycles. The lowest BCUT2D eigenvalue weighted by Crippen LogP contribution is -2.48. The van der Waals surface area contributed by atoms with Crippen molar-refractivity contribution in [3.05, 3.63) is 29.8 Å². The first-order valence-corrected chi connectivity index (χ1v) is 7.46. The number of amides is 3. The summed E-state index contributed by atoms with van der Waals surface area (Å²) >= 11 is 0. The maximum atomic E-state index is 12.1. The summed E-state index contributed by atoms with van der Waals surface area (Å²) in [5.41, 5.74) is 1.41. The van der Waals surface area contributed by atoms with Gasteiger partial charge in [-0.15, -0.1) is 0 Å². The van der Waals surface area contributed by atoms with E-state index in [-0.39, 0.29) is 0 Å². The molecule has 1 aromatic rings. The Kier molecular flexibility index (Phi) is 3.84. The number of anilines is 1. The molecule has 1 aliphatic heterocycles. The second-order valence-corrected chi connectivity index (χ2v) is 5.99. The second kappa shape index (κ2) is 5.41. The molecule has 1 aliphatic rings. The van der Waals surface area contributed by atoms with Crippen LogP contribution < -0.4 is 10.0 Å². The molecule has 106 valence electrons. The highest BCUT2D eigenvalue weighted by atomic mass is 32.2. The minimum atomic E-state index is -3.99. The zero-order valence-corrected chi connectivity index (χ0v) is 11.5. The van der Waals surface area contributed by atoms with Crippen LogP contribution in [0.25, 0.3) is 0 Å². The van der Waals surface area contributed by atoms with Gasteiger partial charge < -0.3 is 0 Å². The maximum absolute atomic E-state index is 12.1. The fourth-order valence-electron chi connectivity index (χ4n) is 1.67. The van der Waals surface area contributed by atoms with Crippen LogP contribution in [-0.2, 0) is 21.2 Å². The molecule has 0 bridgehead atoms. The van der Waals surface area contributed by atoms with Crippen molar-refractivity contribution in [3.63, 3.8) is 0 Å². The van der Waals surface area contributed by atoms with E-state index in [4.69, 9.17) is 0 Å². The van der Waals surface area contributed by atoms with Gasteiger partial charge >= 0.3 is 6.03 Å². The number of urea groups is 1. The highest BCUT2D eigenvalue weighted by molar-refractivity contribution is 7.94. The number of aryl methyl sites for hydroxylation is 1. The average Bonchev–Trinajstić information content (AvgIpc) is 2.38. The Hall–Kier alpha value is -2.22. The Morgan fingerprint density at radius 2 is 1.90 bits per heavy atom. The summed E-state index contributed by atoms with van der Waals surface area (Å²) < 4.78 is 26.4. The van der Waals surface area contributed by atoms with E-state index in [2.05, 4.69) is 9.71 Å². The summed E-state index contributed by atoms with van der Waals surface area (Å²) in [4.78, 5) is 25.6. The standard InChI is InChI=1S/C12H13N3O4S/c1-2-8-3-5-9(6-4-8)15-20(18,19)10-7-13-12(17)14-11(10)16/h3-7,10,15H,2H2,1H3,(H,14,16,17). The van der Waals surface area contributed by atoms with Crippen molar-refractivity contribution in [1.82, 2.24) is 5.32 Å². The SMILES string of the molecule is CCc1ccc(NS(=O)(=O)C2C=NC(=O)NC2=O)cc1. The van der Waals surface area contributed by atoms with Crippen molar-refractivity contribution in [2.24, 2.45) is 4.99 Å². The van der Waals surface area contributed by atoms with Gasteiger partial charge in [-0.25, -0.2) is 18.2 Å². The molecule has 2 N–H and O–H groups in total. The number of hydrogen-bond donors (Lipinski definition) is 2. The Morgan fingerprint density at radius 3 is 2.45 bits per heavy atom. The summed E-state index contributed by atoms with van der Waals surface area (Å²) in [7, 11) is -3.99. The third kappa shape index (κ3) is 3.02. The number of nitrogens with one attached hydrogen (secondary N) is 2. The van der Waals surface area contributed by atoms with Crippen molar-refractivity contribution in [3.8, 4) is 0 Å². The van der Waals surface area contributed by atoms with Crippen LogP contribution in [0.1, 0.15) is 12.5 Å². The molecule has 0 fully saturated rings. The fraction of sp³-hybridized carbons (Fsp3) is 0.250. The van der Waals surface area contributed by atoms with Crippen LogP contribution in [-0.4, -0.2) is 31.8 Å². The molecular formula is C12H13N3O4S. The van der Waals surface area contributed by atoms with Crippen LogP contribution in [0.2, 0.25) is 0 Å². The average molecular weight is 295 g/mol. The fourth-order valence-corrected chi connectivity index (χ4v) is 2.82. The molecule has 1 heterocycles. The zero-order chi connectivity index (χ0) is 14.8. The minimum Gasteiger partial charge on any atom is -0.283 e. The lowest BCUT2D eigenvalue weighted by molar-refractivity contribution is -0.118. The molecule has 1 atom stereocenters. The van der Waals surface area contributed by atoms with Gasteiger partial charge in [0.1, 0.15) is 0 Å². The van der Waals surface area contributed by atoms with E-state index >= 15 is 0 Å². The third-order valence-electron chi connectivity index (χ3n) is 2.77. The van der Waals surface area contributed by atoms with Crippen molar-refractivity contribution < 1.29 is 18.0 Å². The highest BCUT2D eigenvalue weighted by Crippen LogP contribution is 2.14. The number of aliphatic imine (C=N–C) groups is 1. The van der Waals surface area contributed by atoms with Crippen LogP contribution in [0, 0.1) is 0 Å². The lowest BCUT2D eigenvalue weighted by atomic mass is 10.2. The third-order valence-corrected chi connectivity index (χ3v) is 4.30. The first kappa shape index (κ1) is 14.2. The largest absolute Gasteiger partial charge is 0.347 e. The Morgan fingerprint density at radius 1 is 1.25 bits per heavy atom. The van der Waals surface area contributed by atoms with Crippen molar-refractivity contribution in [2.45, 2.75) is 18.6 Å². The van der Waals surface area contributed by atoms with Crippen LogP contribution in [0.4, 0.5) is 10.5 Å². The number of nitrogens with zero attached hydrogens (tertiary/aromatic N) is 1. The van der Waals surface area contributed by atoms with E-state index in [1.165, 1.54) is 0 Å². The normalized spacial score (nSPS) is 18.8. The predicted octanol–water partition coefficient (Wildman–Crippen LogP) is 0.680. The smallest absolute Gasteiger partial charge is 0.283 e. The van der Waals surface area contributed by atoms with Gasteiger partial charge in [0.2, 0.25) is 10.0 Å². The lowest BCUT2D eigenvalue weighted by Gasteiger charge is -2.16. The second-order valence-electron chi connectivity index (χ2n) is 4.19. The van der Waals surface area contributed by atoms with Gasteiger partial charge in [0.25, 0.3) is 5.91 Å². The van der Waals surface area contributed by atoms with E-state index in [0.29, 0.717) is 5.69 Å². The molecule has 1 aromatic carbocycles. The molecule has 0 aliphatic carbocycles. The quantitative estimate of drug-likeness (QED) is 0.852. The maximum Gasteiger partial charge on any atom is 0.347 e. The number of sulfonamides is 1. The van der Waals surface area contributed by atoms with E-state index in [0.717, 1.165) is 18.2 Å². The topological polar surface area (TPSA) is 105 Å². The molecule has 3 amide bonds. The van der Waals surface area contributed by atoms with Crippen LogP contribution in [0.5, 0.6) is 0 Å². The number of carbonyl (C=O) groups is 2. The summed E-state index contributed by atoms with van der Waals surface area (Å²) in [6.45, 7) is 1.99. The Labute approximate surface area is 116 Å². The molecule has 0 saturated heterocycles. The van der Waals surface area contributed by atoms with Gasteiger partial charge in [0.15, 0.2) is 5.25 Å². The molecule has 20 heavy (non-hydrogen) atoms. The van der Waals surface area contributed by atoms with E-state index in [1.54, 1.807) is 24.3 Å². The van der Waals surface area contributed by atoms with Crippen molar-refractivity contribution in [1.29, 1.82) is 0 Å². The molecule has 0 saturated carbocycles. The van der Waals surface area contributed by atoms with Crippen LogP contribution in [0.15, 0.2) is 29.3 Å². The Bertz CT molecular complexity index is 664. The highest BCUT2D eigenvalue weighted by Gasteiger charge is 2.35. The summed E-state index contributed by atoms with van der Waals surface area (Å²) in [6, 6.07) is 5.93. The minimum absolute atomic E-state index is 0.348. The molecule has 8 heteroatoms. The van der Waals surface area contributed by atoms with E-state index < -0.39 is 27.2 Å². The van der Waals surface area contributed by atoms with Crippen LogP contribution in [0.3, 0.4) is 0 Å². The summed E-state index contributed by atoms with van der Waals surface area (Å²) in [6.07, 6.45) is 1.66. The number of carbonyl (C=O) groups excluding carboxylic acids is 2. The van der Waals surface area contributed by atoms with Gasteiger partial charge in [-0.2, -0.15) is 0 Å². The molecule has 2 rings (SSSR count). The summed E-state index contributed by atoms with van der Waals surface area (Å²) in [5.74, 6) is -0.914.